The molecule has 3 N–H and O–H groups in total. The van der Waals surface area contributed by atoms with Crippen molar-refractivity contribution in [3.05, 3.63) is 48.4 Å². The van der Waals surface area contributed by atoms with Gasteiger partial charge in [0.1, 0.15) is 12.4 Å². The van der Waals surface area contributed by atoms with Crippen molar-refractivity contribution in [1.82, 2.24) is 4.72 Å². The summed E-state index contributed by atoms with van der Waals surface area (Å²) in [6.07, 6.45) is 2.98. The van der Waals surface area contributed by atoms with Crippen molar-refractivity contribution in [2.24, 2.45) is 0 Å². The molecule has 0 unspecified atom stereocenters. The zero-order chi connectivity index (χ0) is 14.4. The average Bonchev–Trinajstić information content (AvgIpc) is 2.92. The van der Waals surface area contributed by atoms with Gasteiger partial charge in [0.05, 0.1) is 24.0 Å². The van der Waals surface area contributed by atoms with Gasteiger partial charge in [-0.15, -0.1) is 0 Å². The van der Waals surface area contributed by atoms with Crippen LogP contribution in [-0.4, -0.2) is 20.8 Å². The Bertz CT molecular complexity index is 638. The van der Waals surface area contributed by atoms with Crippen LogP contribution < -0.4 is 15.2 Å². The van der Waals surface area contributed by atoms with E-state index in [1.165, 1.54) is 12.5 Å². The van der Waals surface area contributed by atoms with Crippen LogP contribution in [0.15, 0.2) is 47.3 Å². The highest BCUT2D eigenvalue weighted by atomic mass is 32.2. The lowest BCUT2D eigenvalue weighted by Gasteiger charge is -2.09. The fourth-order valence-corrected chi connectivity index (χ4v) is 2.37. The summed E-state index contributed by atoms with van der Waals surface area (Å²) in [6.45, 7) is 0.237. The van der Waals surface area contributed by atoms with Gasteiger partial charge in [0.15, 0.2) is 0 Å². The molecule has 2 aromatic rings. The first-order chi connectivity index (χ1) is 9.57. The number of anilines is 1. The van der Waals surface area contributed by atoms with Crippen LogP contribution in [0.2, 0.25) is 0 Å². The Morgan fingerprint density at radius 2 is 2.05 bits per heavy atom. The van der Waals surface area contributed by atoms with Gasteiger partial charge in [-0.1, -0.05) is 12.1 Å². The van der Waals surface area contributed by atoms with Crippen molar-refractivity contribution in [3.63, 3.8) is 0 Å². The molecule has 1 aromatic carbocycles. The molecule has 0 saturated carbocycles. The number of hydrogen-bond acceptors (Lipinski definition) is 5. The van der Waals surface area contributed by atoms with Crippen molar-refractivity contribution in [2.75, 3.05) is 18.1 Å². The SMILES string of the molecule is Nc1ccccc1OCCS(=O)(=O)NCc1ccoc1. The van der Waals surface area contributed by atoms with E-state index in [4.69, 9.17) is 14.9 Å². The third kappa shape index (κ3) is 4.29. The van der Waals surface area contributed by atoms with E-state index in [9.17, 15) is 8.42 Å². The van der Waals surface area contributed by atoms with E-state index in [1.807, 2.05) is 0 Å². The van der Waals surface area contributed by atoms with Crippen LogP contribution in [0, 0.1) is 0 Å². The molecule has 0 aliphatic carbocycles. The largest absolute Gasteiger partial charge is 0.490 e. The minimum absolute atomic E-state index is 0.0366. The van der Waals surface area contributed by atoms with Gasteiger partial charge in [-0.3, -0.25) is 0 Å². The fourth-order valence-electron chi connectivity index (χ4n) is 1.53. The third-order valence-electron chi connectivity index (χ3n) is 2.60. The summed E-state index contributed by atoms with van der Waals surface area (Å²) in [7, 11) is -3.40. The van der Waals surface area contributed by atoms with E-state index >= 15 is 0 Å². The summed E-state index contributed by atoms with van der Waals surface area (Å²) in [5, 5.41) is 0. The zero-order valence-electron chi connectivity index (χ0n) is 10.8. The number of nitrogen functional groups attached to an aromatic ring is 1. The van der Waals surface area contributed by atoms with E-state index in [0.29, 0.717) is 11.4 Å². The molecule has 1 aromatic heterocycles. The van der Waals surface area contributed by atoms with E-state index in [0.717, 1.165) is 5.56 Å². The van der Waals surface area contributed by atoms with E-state index in [-0.39, 0.29) is 18.9 Å². The standard InChI is InChI=1S/C13H16N2O4S/c14-12-3-1-2-4-13(12)19-7-8-20(16,17)15-9-11-5-6-18-10-11/h1-6,10,15H,7-9,14H2. The number of nitrogens with one attached hydrogen (secondary N) is 1. The molecule has 108 valence electrons. The van der Waals surface area contributed by atoms with E-state index in [1.54, 1.807) is 30.3 Å². The van der Waals surface area contributed by atoms with Gasteiger partial charge < -0.3 is 14.9 Å². The number of nitrogens with two attached hydrogens (primary N) is 1. The molecule has 0 aliphatic heterocycles. The van der Waals surface area contributed by atoms with Crippen LogP contribution in [0.5, 0.6) is 5.75 Å². The molecule has 0 spiro atoms. The minimum atomic E-state index is -3.40. The summed E-state index contributed by atoms with van der Waals surface area (Å²) in [4.78, 5) is 0. The van der Waals surface area contributed by atoms with Gasteiger partial charge in [-0.25, -0.2) is 13.1 Å². The Balaban J connectivity index is 1.79. The van der Waals surface area contributed by atoms with Crippen LogP contribution in [0.3, 0.4) is 0 Å². The predicted molar refractivity (Wildman–Crippen MR) is 75.7 cm³/mol. The molecule has 0 atom stereocenters. The second kappa shape index (κ2) is 6.44. The highest BCUT2D eigenvalue weighted by molar-refractivity contribution is 7.89. The number of hydrogen-bond donors (Lipinski definition) is 2. The maximum absolute atomic E-state index is 11.7. The number of benzene rings is 1. The summed E-state index contributed by atoms with van der Waals surface area (Å²) in [6, 6.07) is 8.65. The molecule has 7 heteroatoms. The number of furan rings is 1. The quantitative estimate of drug-likeness (QED) is 0.752. The third-order valence-corrected chi connectivity index (χ3v) is 3.89. The molecule has 0 saturated heterocycles. The number of rotatable bonds is 7. The van der Waals surface area contributed by atoms with Crippen molar-refractivity contribution >= 4 is 15.7 Å². The summed E-state index contributed by atoms with van der Waals surface area (Å²) in [5.74, 6) is 0.344. The summed E-state index contributed by atoms with van der Waals surface area (Å²) < 4.78 is 36.2. The minimum Gasteiger partial charge on any atom is -0.490 e. The molecule has 0 radical (unpaired) electrons. The highest BCUT2D eigenvalue weighted by Gasteiger charge is 2.11. The second-order valence-corrected chi connectivity index (χ2v) is 6.08. The average molecular weight is 296 g/mol. The molecule has 20 heavy (non-hydrogen) atoms. The van der Waals surface area contributed by atoms with Gasteiger partial charge >= 0.3 is 0 Å². The molecule has 0 amide bonds. The van der Waals surface area contributed by atoms with Gasteiger partial charge in [-0.2, -0.15) is 0 Å². The smallest absolute Gasteiger partial charge is 0.215 e. The molecule has 0 fully saturated rings. The first kappa shape index (κ1) is 14.4. The lowest BCUT2D eigenvalue weighted by atomic mass is 10.3. The summed E-state index contributed by atoms with van der Waals surface area (Å²) in [5.41, 5.74) is 6.94. The van der Waals surface area contributed by atoms with Crippen LogP contribution in [0.4, 0.5) is 5.69 Å². The first-order valence-corrected chi connectivity index (χ1v) is 7.68. The molecule has 2 rings (SSSR count). The normalized spacial score (nSPS) is 11.4. The molecular formula is C13H16N2O4S. The number of para-hydroxylation sites is 2. The Labute approximate surface area is 117 Å². The Hall–Kier alpha value is -1.99. The first-order valence-electron chi connectivity index (χ1n) is 6.02. The topological polar surface area (TPSA) is 94.6 Å². The van der Waals surface area contributed by atoms with Crippen molar-refractivity contribution < 1.29 is 17.6 Å². The van der Waals surface area contributed by atoms with Crippen molar-refractivity contribution in [2.45, 2.75) is 6.54 Å². The van der Waals surface area contributed by atoms with Gasteiger partial charge in [0.2, 0.25) is 10.0 Å². The summed E-state index contributed by atoms with van der Waals surface area (Å²) >= 11 is 0. The van der Waals surface area contributed by atoms with E-state index < -0.39 is 10.0 Å². The number of sulfonamides is 1. The monoisotopic (exact) mass is 296 g/mol. The van der Waals surface area contributed by atoms with Gasteiger partial charge in [-0.05, 0) is 18.2 Å². The van der Waals surface area contributed by atoms with Crippen LogP contribution >= 0.6 is 0 Å². The molecular weight excluding hydrogens is 280 g/mol. The lowest BCUT2D eigenvalue weighted by molar-refractivity contribution is 0.342. The maximum Gasteiger partial charge on any atom is 0.215 e. The molecule has 1 heterocycles. The fraction of sp³-hybridized carbons (Fsp3) is 0.231. The van der Waals surface area contributed by atoms with Crippen LogP contribution in [0.25, 0.3) is 0 Å². The molecule has 6 nitrogen and oxygen atoms in total. The Morgan fingerprint density at radius 3 is 2.75 bits per heavy atom. The van der Waals surface area contributed by atoms with E-state index in [2.05, 4.69) is 4.72 Å². The van der Waals surface area contributed by atoms with Crippen LogP contribution in [-0.2, 0) is 16.6 Å². The van der Waals surface area contributed by atoms with Crippen LogP contribution in [0.1, 0.15) is 5.56 Å². The highest BCUT2D eigenvalue weighted by Crippen LogP contribution is 2.19. The molecule has 0 aliphatic rings. The van der Waals surface area contributed by atoms with Crippen molar-refractivity contribution in [3.8, 4) is 5.75 Å². The van der Waals surface area contributed by atoms with Gasteiger partial charge in [0, 0.05) is 12.1 Å². The maximum atomic E-state index is 11.7. The molecule has 0 bridgehead atoms. The van der Waals surface area contributed by atoms with Crippen molar-refractivity contribution in [1.29, 1.82) is 0 Å². The number of ether oxygens (including phenoxy) is 1. The second-order valence-electron chi connectivity index (χ2n) is 4.16. The lowest BCUT2D eigenvalue weighted by Crippen LogP contribution is -2.28. The Morgan fingerprint density at radius 1 is 1.25 bits per heavy atom. The Kier molecular flexibility index (Phi) is 4.65. The zero-order valence-corrected chi connectivity index (χ0v) is 11.6. The van der Waals surface area contributed by atoms with Gasteiger partial charge in [0.25, 0.3) is 0 Å². The predicted octanol–water partition coefficient (Wildman–Crippen LogP) is 1.36.